The van der Waals surface area contributed by atoms with Crippen LogP contribution in [0.5, 0.6) is 5.75 Å². The highest BCUT2D eigenvalue weighted by atomic mass is 32.2. The lowest BCUT2D eigenvalue weighted by atomic mass is 10.0. The predicted molar refractivity (Wildman–Crippen MR) is 159 cm³/mol. The van der Waals surface area contributed by atoms with E-state index in [1.54, 1.807) is 36.4 Å². The maximum atomic E-state index is 13.8. The zero-order chi connectivity index (χ0) is 30.0. The van der Waals surface area contributed by atoms with Gasteiger partial charge in [0.15, 0.2) is 0 Å². The van der Waals surface area contributed by atoms with Crippen LogP contribution in [0.3, 0.4) is 0 Å². The number of carbonyl (C=O) groups excluding carboxylic acids is 2. The Labute approximate surface area is 242 Å². The Hall–Kier alpha value is -3.92. The summed E-state index contributed by atoms with van der Waals surface area (Å²) < 4.78 is 45.2. The van der Waals surface area contributed by atoms with Crippen LogP contribution in [0.1, 0.15) is 37.8 Å². The normalized spacial score (nSPS) is 12.0. The molecule has 41 heavy (non-hydrogen) atoms. The monoisotopic (exact) mass is 583 g/mol. The van der Waals surface area contributed by atoms with Gasteiger partial charge in [0.25, 0.3) is 0 Å². The van der Waals surface area contributed by atoms with Gasteiger partial charge in [-0.3, -0.25) is 13.9 Å². The lowest BCUT2D eigenvalue weighted by Gasteiger charge is -2.32. The molecule has 10 heteroatoms. The minimum Gasteiger partial charge on any atom is -0.497 e. The summed E-state index contributed by atoms with van der Waals surface area (Å²) >= 11 is 0. The summed E-state index contributed by atoms with van der Waals surface area (Å²) in [7, 11) is -2.10. The second-order valence-electron chi connectivity index (χ2n) is 10.2. The molecule has 0 aliphatic rings. The summed E-state index contributed by atoms with van der Waals surface area (Å²) in [5.74, 6) is -0.407. The first-order valence-corrected chi connectivity index (χ1v) is 15.3. The van der Waals surface area contributed by atoms with E-state index in [4.69, 9.17) is 4.74 Å². The van der Waals surface area contributed by atoms with Gasteiger partial charge in [0.1, 0.15) is 17.6 Å². The van der Waals surface area contributed by atoms with Gasteiger partial charge in [-0.05, 0) is 67.8 Å². The third-order valence-corrected chi connectivity index (χ3v) is 7.67. The van der Waals surface area contributed by atoms with Gasteiger partial charge < -0.3 is 15.0 Å². The molecule has 0 saturated heterocycles. The van der Waals surface area contributed by atoms with Gasteiger partial charge in [0.05, 0.1) is 19.1 Å². The van der Waals surface area contributed by atoms with Gasteiger partial charge in [-0.1, -0.05) is 42.5 Å². The number of benzene rings is 3. The number of carbonyl (C=O) groups is 2. The molecule has 0 aliphatic carbocycles. The van der Waals surface area contributed by atoms with Gasteiger partial charge in [-0.2, -0.15) is 0 Å². The molecule has 3 aromatic carbocycles. The Kier molecular flexibility index (Phi) is 11.3. The third-order valence-electron chi connectivity index (χ3n) is 6.48. The summed E-state index contributed by atoms with van der Waals surface area (Å²) in [5.41, 5.74) is 2.02. The number of anilines is 1. The molecule has 0 heterocycles. The molecule has 0 spiro atoms. The second-order valence-corrected chi connectivity index (χ2v) is 12.1. The average Bonchev–Trinajstić information content (AvgIpc) is 2.93. The molecule has 1 N–H and O–H groups in total. The topological polar surface area (TPSA) is 96.0 Å². The maximum absolute atomic E-state index is 13.8. The van der Waals surface area contributed by atoms with E-state index in [0.29, 0.717) is 17.0 Å². The van der Waals surface area contributed by atoms with Crippen LogP contribution in [-0.2, 0) is 32.6 Å². The van der Waals surface area contributed by atoms with Crippen LogP contribution in [0, 0.1) is 5.82 Å². The third kappa shape index (κ3) is 9.60. The van der Waals surface area contributed by atoms with E-state index in [9.17, 15) is 22.4 Å². The SMILES string of the molecule is COc1ccc(N(CCCC(=O)N(Cc2ccc(F)cc2)[C@@H](Cc2ccccc2)C(=O)NC(C)C)S(C)(=O)=O)cc1. The summed E-state index contributed by atoms with van der Waals surface area (Å²) in [6.07, 6.45) is 1.63. The van der Waals surface area contributed by atoms with Gasteiger partial charge in [0.2, 0.25) is 21.8 Å². The maximum Gasteiger partial charge on any atom is 0.243 e. The minimum atomic E-state index is -3.62. The van der Waals surface area contributed by atoms with Crippen LogP contribution >= 0.6 is 0 Å². The first kappa shape index (κ1) is 31.6. The van der Waals surface area contributed by atoms with Gasteiger partial charge in [-0.25, -0.2) is 12.8 Å². The Morgan fingerprint density at radius 1 is 0.927 bits per heavy atom. The summed E-state index contributed by atoms with van der Waals surface area (Å²) in [6.45, 7) is 3.87. The van der Waals surface area contributed by atoms with Crippen molar-refractivity contribution in [3.8, 4) is 5.75 Å². The van der Waals surface area contributed by atoms with E-state index >= 15 is 0 Å². The van der Waals surface area contributed by atoms with Crippen LogP contribution in [0.25, 0.3) is 0 Å². The molecule has 0 saturated carbocycles. The second kappa shape index (κ2) is 14.6. The molecule has 1 atom stereocenters. The molecule has 0 radical (unpaired) electrons. The number of amides is 2. The van der Waals surface area contributed by atoms with E-state index in [1.807, 2.05) is 44.2 Å². The standard InChI is InChI=1S/C31H38FN3O5S/c1-23(2)33-31(37)29(21-24-9-6-5-7-10-24)34(22-25-12-14-26(32)15-13-25)30(36)11-8-20-35(41(4,38)39)27-16-18-28(40-3)19-17-27/h5-7,9-10,12-19,23,29H,8,11,20-22H2,1-4H3,(H,33,37)/t29-/m0/s1. The molecule has 0 unspecified atom stereocenters. The van der Waals surface area contributed by atoms with Gasteiger partial charge in [-0.15, -0.1) is 0 Å². The van der Waals surface area contributed by atoms with Crippen molar-refractivity contribution >= 4 is 27.5 Å². The predicted octanol–water partition coefficient (Wildman–Crippen LogP) is 4.55. The molecule has 0 aromatic heterocycles. The number of rotatable bonds is 14. The summed E-state index contributed by atoms with van der Waals surface area (Å²) in [5, 5.41) is 2.93. The fourth-order valence-corrected chi connectivity index (χ4v) is 5.44. The molecule has 0 aliphatic heterocycles. The van der Waals surface area contributed by atoms with Crippen LogP contribution in [0.4, 0.5) is 10.1 Å². The molecule has 220 valence electrons. The van der Waals surface area contributed by atoms with Crippen LogP contribution < -0.4 is 14.4 Å². The van der Waals surface area contributed by atoms with Gasteiger partial charge in [0, 0.05) is 32.0 Å². The average molecular weight is 584 g/mol. The minimum absolute atomic E-state index is 0.00359. The van der Waals surface area contributed by atoms with Gasteiger partial charge >= 0.3 is 0 Å². The molecule has 2 amide bonds. The van der Waals surface area contributed by atoms with E-state index in [2.05, 4.69) is 5.32 Å². The Morgan fingerprint density at radius 3 is 2.12 bits per heavy atom. The zero-order valence-electron chi connectivity index (χ0n) is 23.9. The van der Waals surface area contributed by atoms with Crippen LogP contribution in [0.2, 0.25) is 0 Å². The highest BCUT2D eigenvalue weighted by molar-refractivity contribution is 7.92. The number of hydrogen-bond donors (Lipinski definition) is 1. The molecule has 8 nitrogen and oxygen atoms in total. The van der Waals surface area contributed by atoms with Crippen molar-refractivity contribution in [2.45, 2.75) is 51.7 Å². The number of halogens is 1. The van der Waals surface area contributed by atoms with E-state index < -0.39 is 21.9 Å². The first-order chi connectivity index (χ1) is 19.5. The lowest BCUT2D eigenvalue weighted by molar-refractivity contribution is -0.141. The number of nitrogens with one attached hydrogen (secondary N) is 1. The highest BCUT2D eigenvalue weighted by Gasteiger charge is 2.31. The quantitative estimate of drug-likeness (QED) is 0.301. The summed E-state index contributed by atoms with van der Waals surface area (Å²) in [4.78, 5) is 28.7. The Balaban J connectivity index is 1.86. The summed E-state index contributed by atoms with van der Waals surface area (Å²) in [6, 6.07) is 20.9. The lowest BCUT2D eigenvalue weighted by Crippen LogP contribution is -2.51. The molecule has 0 fully saturated rings. The molecule has 3 rings (SSSR count). The zero-order valence-corrected chi connectivity index (χ0v) is 24.7. The van der Waals surface area contributed by atoms with Crippen LogP contribution in [-0.4, -0.2) is 57.1 Å². The van der Waals surface area contributed by atoms with Crippen molar-refractivity contribution < 1.29 is 27.1 Å². The fourth-order valence-electron chi connectivity index (χ4n) is 4.47. The number of methoxy groups -OCH3 is 1. The molecule has 3 aromatic rings. The molecular formula is C31H38FN3O5S. The number of nitrogens with zero attached hydrogens (tertiary/aromatic N) is 2. The van der Waals surface area contributed by atoms with Crippen molar-refractivity contribution in [3.05, 3.63) is 95.8 Å². The van der Waals surface area contributed by atoms with Crippen molar-refractivity contribution in [3.63, 3.8) is 0 Å². The van der Waals surface area contributed by atoms with Crippen molar-refractivity contribution in [2.24, 2.45) is 0 Å². The van der Waals surface area contributed by atoms with Crippen molar-refractivity contribution in [1.82, 2.24) is 10.2 Å². The van der Waals surface area contributed by atoms with Crippen LogP contribution in [0.15, 0.2) is 78.9 Å². The van der Waals surface area contributed by atoms with E-state index in [0.717, 1.165) is 11.8 Å². The van der Waals surface area contributed by atoms with Crippen molar-refractivity contribution in [2.75, 3.05) is 24.2 Å². The van der Waals surface area contributed by atoms with Crippen molar-refractivity contribution in [1.29, 1.82) is 0 Å². The molecular weight excluding hydrogens is 545 g/mol. The smallest absolute Gasteiger partial charge is 0.243 e. The number of ether oxygens (including phenoxy) is 1. The Morgan fingerprint density at radius 2 is 1.56 bits per heavy atom. The number of sulfonamides is 1. The largest absolute Gasteiger partial charge is 0.497 e. The highest BCUT2D eigenvalue weighted by Crippen LogP contribution is 2.23. The molecule has 0 bridgehead atoms. The number of hydrogen-bond acceptors (Lipinski definition) is 5. The fraction of sp³-hybridized carbons (Fsp3) is 0.355. The van der Waals surface area contributed by atoms with E-state index in [1.165, 1.54) is 28.4 Å². The Bertz CT molecular complexity index is 1380. The van der Waals surface area contributed by atoms with E-state index in [-0.39, 0.29) is 50.2 Å². The first-order valence-electron chi connectivity index (χ1n) is 13.5.